The van der Waals surface area contributed by atoms with Crippen LogP contribution in [-0.4, -0.2) is 39.1 Å². The summed E-state index contributed by atoms with van der Waals surface area (Å²) in [5.41, 5.74) is -2.23. The summed E-state index contributed by atoms with van der Waals surface area (Å²) in [6.07, 6.45) is -3.88. The van der Waals surface area contributed by atoms with Crippen molar-refractivity contribution in [2.24, 2.45) is 14.1 Å². The van der Waals surface area contributed by atoms with Crippen LogP contribution in [0, 0.1) is 0 Å². The van der Waals surface area contributed by atoms with Crippen LogP contribution in [0.3, 0.4) is 0 Å². The van der Waals surface area contributed by atoms with Crippen molar-refractivity contribution in [3.8, 4) is 0 Å². The molecular weight excluding hydrogens is 343 g/mol. The number of sulfonamides is 1. The molecule has 2 aromatic heterocycles. The molecule has 0 aliphatic rings. The van der Waals surface area contributed by atoms with Gasteiger partial charge in [-0.05, 0) is 0 Å². The van der Waals surface area contributed by atoms with E-state index in [2.05, 4.69) is 10.2 Å². The number of anilines is 1. The van der Waals surface area contributed by atoms with Gasteiger partial charge in [0.2, 0.25) is 0 Å². The summed E-state index contributed by atoms with van der Waals surface area (Å²) < 4.78 is 65.4. The highest BCUT2D eigenvalue weighted by Gasteiger charge is 2.36. The van der Waals surface area contributed by atoms with E-state index < -0.39 is 38.6 Å². The number of aromatic nitrogens is 4. The summed E-state index contributed by atoms with van der Waals surface area (Å²) >= 11 is 0. The topological polar surface area (TPSA) is 119 Å². The van der Waals surface area contributed by atoms with E-state index in [-0.39, 0.29) is 5.69 Å². The molecule has 0 aromatic carbocycles. The molecule has 2 aromatic rings. The van der Waals surface area contributed by atoms with Crippen LogP contribution >= 0.6 is 0 Å². The number of halogens is 3. The van der Waals surface area contributed by atoms with Gasteiger partial charge in [0, 0.05) is 20.2 Å². The molecule has 2 N–H and O–H groups in total. The van der Waals surface area contributed by atoms with E-state index in [0.29, 0.717) is 10.7 Å². The van der Waals surface area contributed by atoms with Crippen molar-refractivity contribution < 1.29 is 31.5 Å². The molecule has 0 aliphatic carbocycles. The van der Waals surface area contributed by atoms with Gasteiger partial charge in [0.05, 0.1) is 6.20 Å². The third-order valence-electron chi connectivity index (χ3n) is 2.79. The molecule has 0 fully saturated rings. The number of nitrogens with zero attached hydrogens (tertiary/aromatic N) is 4. The van der Waals surface area contributed by atoms with Gasteiger partial charge in [0.1, 0.15) is 5.69 Å². The zero-order valence-corrected chi connectivity index (χ0v) is 12.5. The fraction of sp³-hybridized carbons (Fsp3) is 0.300. The minimum Gasteiger partial charge on any atom is -0.476 e. The van der Waals surface area contributed by atoms with Crippen molar-refractivity contribution in [3.63, 3.8) is 0 Å². The Labute approximate surface area is 127 Å². The summed E-state index contributed by atoms with van der Waals surface area (Å²) in [6, 6.07) is 0.346. The Morgan fingerprint density at radius 2 is 1.91 bits per heavy atom. The van der Waals surface area contributed by atoms with Crippen LogP contribution in [0.2, 0.25) is 0 Å². The summed E-state index contributed by atoms with van der Waals surface area (Å²) in [5, 5.41) is 14.9. The molecule has 0 radical (unpaired) electrons. The number of aromatic carboxylic acids is 1. The van der Waals surface area contributed by atoms with E-state index in [4.69, 9.17) is 5.11 Å². The van der Waals surface area contributed by atoms with Crippen LogP contribution in [0.15, 0.2) is 17.3 Å². The van der Waals surface area contributed by atoms with Gasteiger partial charge in [-0.25, -0.2) is 4.79 Å². The summed E-state index contributed by atoms with van der Waals surface area (Å²) in [6.45, 7) is 0. The van der Waals surface area contributed by atoms with Gasteiger partial charge in [-0.1, -0.05) is 0 Å². The molecule has 0 unspecified atom stereocenters. The van der Waals surface area contributed by atoms with Crippen LogP contribution in [0.25, 0.3) is 0 Å². The SMILES string of the molecule is Cn1nc(C(F)(F)F)cc1S(=O)(=O)Nc1cnn(C)c1C(=O)O. The van der Waals surface area contributed by atoms with Crippen molar-refractivity contribution in [1.29, 1.82) is 0 Å². The molecule has 0 aliphatic heterocycles. The Hall–Kier alpha value is -2.57. The van der Waals surface area contributed by atoms with Crippen LogP contribution < -0.4 is 4.72 Å². The molecule has 13 heteroatoms. The van der Waals surface area contributed by atoms with Gasteiger partial charge in [0.25, 0.3) is 10.0 Å². The van der Waals surface area contributed by atoms with Crippen LogP contribution in [0.1, 0.15) is 16.2 Å². The Bertz CT molecular complexity index is 868. The number of nitrogens with one attached hydrogen (secondary N) is 1. The molecule has 0 saturated heterocycles. The first-order valence-corrected chi connectivity index (χ1v) is 7.31. The van der Waals surface area contributed by atoms with Gasteiger partial charge < -0.3 is 5.11 Å². The van der Waals surface area contributed by atoms with Crippen LogP contribution in [0.4, 0.5) is 18.9 Å². The lowest BCUT2D eigenvalue weighted by atomic mass is 10.4. The second-order valence-corrected chi connectivity index (χ2v) is 6.06. The number of rotatable bonds is 4. The summed E-state index contributed by atoms with van der Waals surface area (Å²) in [5.74, 6) is -1.45. The Balaban J connectivity index is 2.45. The maximum atomic E-state index is 12.6. The number of carbonyl (C=O) groups is 1. The predicted molar refractivity (Wildman–Crippen MR) is 69.2 cm³/mol. The average molecular weight is 353 g/mol. The molecule has 0 atom stereocenters. The van der Waals surface area contributed by atoms with E-state index in [0.717, 1.165) is 17.9 Å². The lowest BCUT2D eigenvalue weighted by Gasteiger charge is -2.07. The van der Waals surface area contributed by atoms with Gasteiger partial charge >= 0.3 is 12.1 Å². The smallest absolute Gasteiger partial charge is 0.435 e. The lowest BCUT2D eigenvalue weighted by molar-refractivity contribution is -0.141. The molecule has 0 saturated carbocycles. The number of alkyl halides is 3. The number of aryl methyl sites for hydroxylation is 2. The minimum atomic E-state index is -4.81. The largest absolute Gasteiger partial charge is 0.476 e. The Morgan fingerprint density at radius 1 is 1.30 bits per heavy atom. The maximum Gasteiger partial charge on any atom is 0.435 e. The Kier molecular flexibility index (Phi) is 3.84. The molecule has 126 valence electrons. The van der Waals surface area contributed by atoms with E-state index in [9.17, 15) is 26.4 Å². The zero-order chi connectivity index (χ0) is 17.6. The second-order valence-electron chi connectivity index (χ2n) is 4.43. The number of carboxylic acid groups (broad SMARTS) is 1. The molecule has 0 bridgehead atoms. The molecule has 2 rings (SSSR count). The molecule has 9 nitrogen and oxygen atoms in total. The molecule has 0 amide bonds. The first-order chi connectivity index (χ1) is 10.4. The van der Waals surface area contributed by atoms with Crippen molar-refractivity contribution in [2.75, 3.05) is 4.72 Å². The summed E-state index contributed by atoms with van der Waals surface area (Å²) in [4.78, 5) is 11.1. The van der Waals surface area contributed by atoms with Gasteiger partial charge in [-0.3, -0.25) is 14.1 Å². The highest BCUT2D eigenvalue weighted by atomic mass is 32.2. The summed E-state index contributed by atoms with van der Waals surface area (Å²) in [7, 11) is -2.20. The average Bonchev–Trinajstić information content (AvgIpc) is 2.92. The highest BCUT2D eigenvalue weighted by Crippen LogP contribution is 2.30. The third-order valence-corrected chi connectivity index (χ3v) is 4.21. The van der Waals surface area contributed by atoms with Crippen molar-refractivity contribution in [1.82, 2.24) is 19.6 Å². The highest BCUT2D eigenvalue weighted by molar-refractivity contribution is 7.92. The van der Waals surface area contributed by atoms with Crippen LogP contribution in [0.5, 0.6) is 0 Å². The first kappa shape index (κ1) is 16.8. The maximum absolute atomic E-state index is 12.6. The van der Waals surface area contributed by atoms with Crippen molar-refractivity contribution >= 4 is 21.7 Å². The predicted octanol–water partition coefficient (Wildman–Crippen LogP) is 0.671. The quantitative estimate of drug-likeness (QED) is 0.834. The van der Waals surface area contributed by atoms with Crippen LogP contribution in [-0.2, 0) is 30.3 Å². The normalized spacial score (nSPS) is 12.4. The minimum absolute atomic E-state index is 0.346. The van der Waals surface area contributed by atoms with Gasteiger partial charge in [-0.15, -0.1) is 0 Å². The number of hydrogen-bond donors (Lipinski definition) is 2. The van der Waals surface area contributed by atoms with Gasteiger partial charge in [0.15, 0.2) is 16.4 Å². The van der Waals surface area contributed by atoms with E-state index in [1.165, 1.54) is 7.05 Å². The fourth-order valence-corrected chi connectivity index (χ4v) is 3.00. The Morgan fingerprint density at radius 3 is 2.39 bits per heavy atom. The van der Waals surface area contributed by atoms with E-state index in [1.807, 2.05) is 4.72 Å². The standard InChI is InChI=1S/C10H10F3N5O4S/c1-17-7(3-6(15-17)10(11,12)13)23(21,22)16-5-4-14-18(2)8(5)9(19)20/h3-4,16H,1-2H3,(H,19,20). The van der Waals surface area contributed by atoms with Crippen molar-refractivity contribution in [3.05, 3.63) is 23.7 Å². The van der Waals surface area contributed by atoms with E-state index >= 15 is 0 Å². The van der Waals surface area contributed by atoms with E-state index in [1.54, 1.807) is 0 Å². The van der Waals surface area contributed by atoms with Gasteiger partial charge in [-0.2, -0.15) is 31.8 Å². The zero-order valence-electron chi connectivity index (χ0n) is 11.7. The second kappa shape index (κ2) is 5.26. The monoisotopic (exact) mass is 353 g/mol. The number of hydrogen-bond acceptors (Lipinski definition) is 5. The number of carboxylic acids is 1. The molecule has 0 spiro atoms. The fourth-order valence-electron chi connectivity index (χ4n) is 1.80. The molecular formula is C10H10F3N5O4S. The van der Waals surface area contributed by atoms with Crippen molar-refractivity contribution in [2.45, 2.75) is 11.2 Å². The molecule has 2 heterocycles. The molecule has 23 heavy (non-hydrogen) atoms. The lowest BCUT2D eigenvalue weighted by Crippen LogP contribution is -2.18. The third kappa shape index (κ3) is 3.13. The first-order valence-electron chi connectivity index (χ1n) is 5.83.